The first kappa shape index (κ1) is 19.2. The van der Waals surface area contributed by atoms with Crippen molar-refractivity contribution < 1.29 is 22.3 Å². The van der Waals surface area contributed by atoms with Crippen LogP contribution in [0.15, 0.2) is 28.0 Å². The van der Waals surface area contributed by atoms with Gasteiger partial charge in [-0.3, -0.25) is 19.1 Å². The molecule has 0 N–H and O–H groups in total. The molecule has 0 radical (unpaired) electrons. The summed E-state index contributed by atoms with van der Waals surface area (Å²) in [5.74, 6) is -1.46. The van der Waals surface area contributed by atoms with Crippen LogP contribution in [0.4, 0.5) is 5.69 Å². The average molecular weight is 362 g/mol. The van der Waals surface area contributed by atoms with E-state index in [0.29, 0.717) is 13.1 Å². The van der Waals surface area contributed by atoms with Crippen LogP contribution in [-0.4, -0.2) is 53.5 Å². The number of nitrogens with zero attached hydrogens (tertiary/aromatic N) is 2. The van der Waals surface area contributed by atoms with Gasteiger partial charge in [-0.2, -0.15) is 0 Å². The molecule has 1 aromatic rings. The van der Waals surface area contributed by atoms with Crippen LogP contribution in [0.2, 0.25) is 0 Å². The molecule has 0 saturated heterocycles. The molecule has 1 amide bonds. The highest BCUT2D eigenvalue weighted by Crippen LogP contribution is 2.27. The van der Waals surface area contributed by atoms with Crippen molar-refractivity contribution in [2.24, 2.45) is 0 Å². The number of nitro benzene ring substituents is 1. The second-order valence-electron chi connectivity index (χ2n) is 4.67. The minimum Gasteiger partial charge on any atom is -0.342 e. The third kappa shape index (κ3) is 4.58. The summed E-state index contributed by atoms with van der Waals surface area (Å²) in [4.78, 5) is 23.2. The maximum absolute atomic E-state index is 12.4. The first-order valence-electron chi connectivity index (χ1n) is 6.76. The fourth-order valence-electron chi connectivity index (χ4n) is 1.99. The summed E-state index contributed by atoms with van der Waals surface area (Å²) in [6.07, 6.45) is 1.33. The number of amides is 1. The van der Waals surface area contributed by atoms with E-state index in [4.69, 9.17) is 0 Å². The van der Waals surface area contributed by atoms with Crippen molar-refractivity contribution in [3.8, 4) is 0 Å². The molecule has 8 nitrogen and oxygen atoms in total. The molecule has 10 heteroatoms. The molecular formula is C13H18N2O6S2. The monoisotopic (exact) mass is 362 g/mol. The van der Waals surface area contributed by atoms with Crippen LogP contribution in [-0.2, 0) is 25.4 Å². The number of carbonyl (C=O) groups excluding carboxylic acids is 1. The van der Waals surface area contributed by atoms with Gasteiger partial charge in [0.2, 0.25) is 5.91 Å². The molecule has 23 heavy (non-hydrogen) atoms. The molecule has 0 aromatic heterocycles. The van der Waals surface area contributed by atoms with Crippen molar-refractivity contribution in [2.45, 2.75) is 23.6 Å². The van der Waals surface area contributed by atoms with Gasteiger partial charge in [-0.05, 0) is 26.0 Å². The molecule has 0 spiro atoms. The molecule has 0 aliphatic rings. The van der Waals surface area contributed by atoms with Crippen LogP contribution in [0, 0.1) is 10.1 Å². The van der Waals surface area contributed by atoms with Gasteiger partial charge in [0.05, 0.1) is 15.7 Å². The Morgan fingerprint density at radius 3 is 2.30 bits per heavy atom. The zero-order valence-electron chi connectivity index (χ0n) is 13.0. The van der Waals surface area contributed by atoms with E-state index >= 15 is 0 Å². The maximum atomic E-state index is 12.4. The van der Waals surface area contributed by atoms with E-state index in [0.717, 1.165) is 12.1 Å². The highest BCUT2D eigenvalue weighted by Gasteiger charge is 2.30. The molecule has 1 atom stereocenters. The molecule has 1 aromatic carbocycles. The fraction of sp³-hybridized carbons (Fsp3) is 0.462. The lowest BCUT2D eigenvalue weighted by atomic mass is 10.3. The van der Waals surface area contributed by atoms with Crippen molar-refractivity contribution >= 4 is 32.2 Å². The molecular weight excluding hydrogens is 344 g/mol. The zero-order valence-corrected chi connectivity index (χ0v) is 14.6. The van der Waals surface area contributed by atoms with Crippen molar-refractivity contribution in [1.82, 2.24) is 4.90 Å². The second-order valence-corrected chi connectivity index (χ2v) is 8.00. The molecule has 1 unspecified atom stereocenters. The summed E-state index contributed by atoms with van der Waals surface area (Å²) >= 11 is 0. The van der Waals surface area contributed by atoms with Gasteiger partial charge in [-0.25, -0.2) is 8.42 Å². The Labute approximate surface area is 137 Å². The Kier molecular flexibility index (Phi) is 6.39. The highest BCUT2D eigenvalue weighted by molar-refractivity contribution is 7.92. The van der Waals surface area contributed by atoms with Gasteiger partial charge in [-0.15, -0.1) is 0 Å². The Hall–Kier alpha value is -1.81. The quantitative estimate of drug-likeness (QED) is 0.527. The summed E-state index contributed by atoms with van der Waals surface area (Å²) in [7, 11) is -5.66. The molecule has 0 aliphatic heterocycles. The average Bonchev–Trinajstić information content (AvgIpc) is 2.47. The normalized spacial score (nSPS) is 12.7. The van der Waals surface area contributed by atoms with Crippen molar-refractivity contribution in [1.29, 1.82) is 0 Å². The number of benzene rings is 1. The number of hydrogen-bond acceptors (Lipinski definition) is 6. The summed E-state index contributed by atoms with van der Waals surface area (Å²) in [6.45, 7) is 4.12. The zero-order chi connectivity index (χ0) is 17.8. The van der Waals surface area contributed by atoms with Crippen LogP contribution in [0.1, 0.15) is 13.8 Å². The van der Waals surface area contributed by atoms with Crippen LogP contribution < -0.4 is 0 Å². The standard InChI is InChI=1S/C13H18N2O6S2/c1-4-14(5-2)13(16)9-23(20,21)12-7-6-10(22(3)19)8-11(12)15(17)18/h6-8H,4-5,9H2,1-3H3. The Morgan fingerprint density at radius 2 is 1.87 bits per heavy atom. The van der Waals surface area contributed by atoms with E-state index in [1.807, 2.05) is 0 Å². The predicted octanol–water partition coefficient (Wildman–Crippen LogP) is 0.974. The van der Waals surface area contributed by atoms with E-state index in [-0.39, 0.29) is 4.90 Å². The molecule has 0 fully saturated rings. The van der Waals surface area contributed by atoms with Crippen LogP contribution in [0.5, 0.6) is 0 Å². The minimum absolute atomic E-state index is 0.144. The van der Waals surface area contributed by atoms with Gasteiger partial charge in [0, 0.05) is 30.3 Å². The number of rotatable bonds is 7. The predicted molar refractivity (Wildman–Crippen MR) is 85.4 cm³/mol. The highest BCUT2D eigenvalue weighted by atomic mass is 32.2. The van der Waals surface area contributed by atoms with Crippen molar-refractivity contribution in [3.05, 3.63) is 28.3 Å². The van der Waals surface area contributed by atoms with Gasteiger partial charge < -0.3 is 4.90 Å². The van der Waals surface area contributed by atoms with E-state index in [1.165, 1.54) is 17.2 Å². The first-order chi connectivity index (χ1) is 10.6. The lowest BCUT2D eigenvalue weighted by molar-refractivity contribution is -0.388. The molecule has 128 valence electrons. The maximum Gasteiger partial charge on any atom is 0.289 e. The Balaban J connectivity index is 3.30. The van der Waals surface area contributed by atoms with Crippen molar-refractivity contribution in [3.63, 3.8) is 0 Å². The fourth-order valence-corrected chi connectivity index (χ4v) is 3.92. The van der Waals surface area contributed by atoms with E-state index in [1.54, 1.807) is 13.8 Å². The van der Waals surface area contributed by atoms with Crippen LogP contribution in [0.25, 0.3) is 0 Å². The van der Waals surface area contributed by atoms with Gasteiger partial charge in [0.25, 0.3) is 5.69 Å². The minimum atomic E-state index is -4.17. The molecule has 0 heterocycles. The van der Waals surface area contributed by atoms with Crippen LogP contribution in [0.3, 0.4) is 0 Å². The van der Waals surface area contributed by atoms with Gasteiger partial charge in [0.1, 0.15) is 10.6 Å². The number of hydrogen-bond donors (Lipinski definition) is 0. The smallest absolute Gasteiger partial charge is 0.289 e. The van der Waals surface area contributed by atoms with Crippen LogP contribution >= 0.6 is 0 Å². The third-order valence-corrected chi connectivity index (χ3v) is 5.78. The van der Waals surface area contributed by atoms with Gasteiger partial charge in [0.15, 0.2) is 9.84 Å². The van der Waals surface area contributed by atoms with Gasteiger partial charge >= 0.3 is 0 Å². The van der Waals surface area contributed by atoms with Gasteiger partial charge in [-0.1, -0.05) is 0 Å². The van der Waals surface area contributed by atoms with E-state index in [9.17, 15) is 27.5 Å². The molecule has 0 saturated carbocycles. The van der Waals surface area contributed by atoms with E-state index in [2.05, 4.69) is 0 Å². The summed E-state index contributed by atoms with van der Waals surface area (Å²) in [6, 6.07) is 3.24. The molecule has 0 aliphatic carbocycles. The molecule has 1 rings (SSSR count). The van der Waals surface area contributed by atoms with E-state index < -0.39 is 47.8 Å². The molecule has 0 bridgehead atoms. The first-order valence-corrected chi connectivity index (χ1v) is 9.97. The lowest BCUT2D eigenvalue weighted by Crippen LogP contribution is -2.35. The topological polar surface area (TPSA) is 115 Å². The summed E-state index contributed by atoms with van der Waals surface area (Å²) in [5, 5.41) is 11.1. The number of sulfone groups is 1. The number of nitro groups is 1. The third-order valence-electron chi connectivity index (χ3n) is 3.22. The number of carbonyl (C=O) groups is 1. The Morgan fingerprint density at radius 1 is 1.30 bits per heavy atom. The van der Waals surface area contributed by atoms with Crippen molar-refractivity contribution in [2.75, 3.05) is 25.1 Å². The Bertz CT molecular complexity index is 741. The summed E-state index contributed by atoms with van der Waals surface area (Å²) in [5.41, 5.74) is -0.676. The SMILES string of the molecule is CCN(CC)C(=O)CS(=O)(=O)c1ccc(S(C)=O)cc1[N+](=O)[O-]. The summed E-state index contributed by atoms with van der Waals surface area (Å²) < 4.78 is 36.1. The largest absolute Gasteiger partial charge is 0.342 e. The second kappa shape index (κ2) is 7.64. The lowest BCUT2D eigenvalue weighted by Gasteiger charge is -2.18.